The second kappa shape index (κ2) is 10.8. The molecule has 0 unspecified atom stereocenters. The molecule has 3 aromatic heterocycles. The summed E-state index contributed by atoms with van der Waals surface area (Å²) in [7, 11) is 0. The summed E-state index contributed by atoms with van der Waals surface area (Å²) >= 11 is 0. The van der Waals surface area contributed by atoms with Gasteiger partial charge in [0.05, 0.1) is 49.5 Å². The van der Waals surface area contributed by atoms with E-state index in [4.69, 9.17) is 0 Å². The van der Waals surface area contributed by atoms with E-state index in [0.29, 0.717) is 20.0 Å². The molecule has 2 aromatic carbocycles. The topological polar surface area (TPSA) is 95.4 Å². The zero-order valence-corrected chi connectivity index (χ0v) is 19.7. The number of aryl methyl sites for hydroxylation is 1. The normalized spacial score (nSPS) is 11.4. The van der Waals surface area contributed by atoms with Gasteiger partial charge in [0.15, 0.2) is 0 Å². The van der Waals surface area contributed by atoms with E-state index in [1.54, 1.807) is 0 Å². The number of rotatable bonds is 11. The highest BCUT2D eigenvalue weighted by molar-refractivity contribution is 5.20. The first-order valence-electron chi connectivity index (χ1n) is 11.7. The number of hydrogen-bond acceptors (Lipinski definition) is 7. The summed E-state index contributed by atoms with van der Waals surface area (Å²) in [5.74, 6) is 0. The molecule has 5 aromatic rings. The fraction of sp³-hybridized carbons (Fsp3) is 0.280. The van der Waals surface area contributed by atoms with Gasteiger partial charge in [0.25, 0.3) is 0 Å². The van der Waals surface area contributed by atoms with Crippen LogP contribution in [0.15, 0.2) is 79.3 Å². The Bertz CT molecular complexity index is 1240. The summed E-state index contributed by atoms with van der Waals surface area (Å²) in [6.45, 7) is 3.65. The van der Waals surface area contributed by atoms with Crippen LogP contribution >= 0.6 is 0 Å². The minimum atomic E-state index is 0.525. The van der Waals surface area contributed by atoms with Gasteiger partial charge in [0.2, 0.25) is 0 Å². The van der Waals surface area contributed by atoms with Gasteiger partial charge in [-0.15, -0.1) is 15.3 Å². The standard InChI is InChI=1S/C25H28N10/c1-2-23-15-33(29-26-23)18-32(19-34-16-24(27-30-34)13-21-9-5-3-6-10-21)20-35-17-25(28-31-35)14-22-11-7-4-8-12-22/h3-12,15-17H,2,13-14,18-20H2,1H3. The molecule has 0 N–H and O–H groups in total. The van der Waals surface area contributed by atoms with Crippen molar-refractivity contribution in [2.75, 3.05) is 0 Å². The van der Waals surface area contributed by atoms with Crippen molar-refractivity contribution in [2.24, 2.45) is 0 Å². The molecule has 178 valence electrons. The second-order valence-corrected chi connectivity index (χ2v) is 8.52. The van der Waals surface area contributed by atoms with Crippen LogP contribution in [-0.2, 0) is 39.3 Å². The molecule has 35 heavy (non-hydrogen) atoms. The van der Waals surface area contributed by atoms with Crippen LogP contribution in [0.1, 0.15) is 35.1 Å². The van der Waals surface area contributed by atoms with E-state index in [-0.39, 0.29) is 0 Å². The maximum Gasteiger partial charge on any atom is 0.0976 e. The van der Waals surface area contributed by atoms with Gasteiger partial charge in [-0.1, -0.05) is 83.2 Å². The Morgan fingerprint density at radius 1 is 0.571 bits per heavy atom. The third-order valence-corrected chi connectivity index (χ3v) is 5.61. The highest BCUT2D eigenvalue weighted by atomic mass is 15.6. The largest absolute Gasteiger partial charge is 0.245 e. The van der Waals surface area contributed by atoms with Gasteiger partial charge in [-0.25, -0.2) is 18.9 Å². The summed E-state index contributed by atoms with van der Waals surface area (Å²) in [5.41, 5.74) is 5.23. The molecule has 0 amide bonds. The summed E-state index contributed by atoms with van der Waals surface area (Å²) in [5, 5.41) is 25.9. The van der Waals surface area contributed by atoms with Crippen molar-refractivity contribution in [3.05, 3.63) is 107 Å². The van der Waals surface area contributed by atoms with E-state index < -0.39 is 0 Å². The molecule has 3 heterocycles. The first kappa shape index (κ1) is 22.6. The minimum absolute atomic E-state index is 0.525. The van der Waals surface area contributed by atoms with E-state index >= 15 is 0 Å². The Kier molecular flexibility index (Phi) is 7.00. The zero-order valence-electron chi connectivity index (χ0n) is 19.7. The Balaban J connectivity index is 1.29. The van der Waals surface area contributed by atoms with Crippen LogP contribution in [0.5, 0.6) is 0 Å². The van der Waals surface area contributed by atoms with Crippen LogP contribution in [0.3, 0.4) is 0 Å². The highest BCUT2D eigenvalue weighted by Crippen LogP contribution is 2.09. The van der Waals surface area contributed by atoms with Crippen LogP contribution in [-0.4, -0.2) is 49.9 Å². The van der Waals surface area contributed by atoms with Gasteiger partial charge in [-0.3, -0.25) is 0 Å². The lowest BCUT2D eigenvalue weighted by Gasteiger charge is -2.21. The molecular weight excluding hydrogens is 440 g/mol. The van der Waals surface area contributed by atoms with Crippen LogP contribution in [0.25, 0.3) is 0 Å². The molecule has 10 heteroatoms. The van der Waals surface area contributed by atoms with E-state index in [9.17, 15) is 0 Å². The van der Waals surface area contributed by atoms with Gasteiger partial charge >= 0.3 is 0 Å². The Morgan fingerprint density at radius 3 is 1.37 bits per heavy atom. The quantitative estimate of drug-likeness (QED) is 0.294. The molecular formula is C25H28N10. The molecule has 0 radical (unpaired) electrons. The lowest BCUT2D eigenvalue weighted by molar-refractivity contribution is 0.103. The van der Waals surface area contributed by atoms with Crippen LogP contribution in [0, 0.1) is 0 Å². The summed E-state index contributed by atoms with van der Waals surface area (Å²) < 4.78 is 5.53. The van der Waals surface area contributed by atoms with Gasteiger partial charge in [-0.05, 0) is 17.5 Å². The Labute approximate surface area is 203 Å². The smallest absolute Gasteiger partial charge is 0.0976 e. The number of nitrogens with zero attached hydrogens (tertiary/aromatic N) is 10. The van der Waals surface area contributed by atoms with Crippen molar-refractivity contribution in [2.45, 2.75) is 46.2 Å². The fourth-order valence-electron chi connectivity index (χ4n) is 3.91. The number of benzene rings is 2. The van der Waals surface area contributed by atoms with E-state index in [1.807, 2.05) is 69.0 Å². The molecule has 0 aliphatic heterocycles. The zero-order chi connectivity index (χ0) is 23.9. The molecule has 0 aliphatic carbocycles. The number of hydrogen-bond donors (Lipinski definition) is 0. The van der Waals surface area contributed by atoms with Crippen molar-refractivity contribution >= 4 is 0 Å². The molecule has 5 rings (SSSR count). The first-order chi connectivity index (χ1) is 17.2. The van der Waals surface area contributed by atoms with Crippen molar-refractivity contribution in [1.29, 1.82) is 0 Å². The summed E-state index contributed by atoms with van der Waals surface area (Å²) in [4.78, 5) is 2.16. The third-order valence-electron chi connectivity index (χ3n) is 5.61. The monoisotopic (exact) mass is 468 g/mol. The molecule has 0 saturated carbocycles. The second-order valence-electron chi connectivity index (χ2n) is 8.52. The molecule has 10 nitrogen and oxygen atoms in total. The SMILES string of the molecule is CCc1cn(CN(Cn2cc(Cc3ccccc3)nn2)Cn2cc(Cc3ccccc3)nn2)nn1. The van der Waals surface area contributed by atoms with Crippen molar-refractivity contribution in [3.8, 4) is 0 Å². The molecule has 0 bridgehead atoms. The van der Waals surface area contributed by atoms with Gasteiger partial charge in [0.1, 0.15) is 0 Å². The van der Waals surface area contributed by atoms with Crippen molar-refractivity contribution in [3.63, 3.8) is 0 Å². The van der Waals surface area contributed by atoms with E-state index in [2.05, 4.69) is 67.0 Å². The minimum Gasteiger partial charge on any atom is -0.245 e. The lowest BCUT2D eigenvalue weighted by atomic mass is 10.1. The molecule has 0 saturated heterocycles. The molecule has 0 atom stereocenters. The Morgan fingerprint density at radius 2 is 0.971 bits per heavy atom. The average molecular weight is 469 g/mol. The third kappa shape index (κ3) is 6.24. The maximum absolute atomic E-state index is 4.36. The van der Waals surface area contributed by atoms with Crippen molar-refractivity contribution < 1.29 is 0 Å². The molecule has 0 fully saturated rings. The fourth-order valence-corrected chi connectivity index (χ4v) is 3.91. The molecule has 0 spiro atoms. The average Bonchev–Trinajstić information content (AvgIpc) is 3.63. The number of aromatic nitrogens is 9. The van der Waals surface area contributed by atoms with E-state index in [0.717, 1.165) is 36.3 Å². The van der Waals surface area contributed by atoms with Crippen LogP contribution < -0.4 is 0 Å². The highest BCUT2D eigenvalue weighted by Gasteiger charge is 2.13. The summed E-state index contributed by atoms with van der Waals surface area (Å²) in [6.07, 6.45) is 8.28. The van der Waals surface area contributed by atoms with Gasteiger partial charge < -0.3 is 0 Å². The van der Waals surface area contributed by atoms with Gasteiger partial charge in [-0.2, -0.15) is 0 Å². The van der Waals surface area contributed by atoms with Crippen LogP contribution in [0.2, 0.25) is 0 Å². The predicted octanol–water partition coefficient (Wildman–Crippen LogP) is 2.78. The van der Waals surface area contributed by atoms with Gasteiger partial charge in [0, 0.05) is 19.0 Å². The lowest BCUT2D eigenvalue weighted by Crippen LogP contribution is -2.31. The molecule has 0 aliphatic rings. The predicted molar refractivity (Wildman–Crippen MR) is 130 cm³/mol. The first-order valence-corrected chi connectivity index (χ1v) is 11.7. The van der Waals surface area contributed by atoms with Crippen LogP contribution in [0.4, 0.5) is 0 Å². The van der Waals surface area contributed by atoms with E-state index in [1.165, 1.54) is 11.1 Å². The van der Waals surface area contributed by atoms with Crippen molar-refractivity contribution in [1.82, 2.24) is 49.9 Å². The summed E-state index contributed by atoms with van der Waals surface area (Å²) in [6, 6.07) is 20.6. The Hall–Kier alpha value is -4.18. The maximum atomic E-state index is 4.36.